The molecule has 0 spiro atoms. The molecule has 7 heteroatoms. The summed E-state index contributed by atoms with van der Waals surface area (Å²) >= 11 is 0. The van der Waals surface area contributed by atoms with Crippen LogP contribution in [-0.2, 0) is 0 Å². The molecule has 0 amide bonds. The molecule has 0 atom stereocenters. The van der Waals surface area contributed by atoms with Crippen LogP contribution in [0.2, 0.25) is 0 Å². The van der Waals surface area contributed by atoms with Crippen molar-refractivity contribution in [3.63, 3.8) is 0 Å². The fraction of sp³-hybridized carbons (Fsp3) is 0.333. The van der Waals surface area contributed by atoms with E-state index in [1.165, 1.54) is 0 Å². The zero-order chi connectivity index (χ0) is 12.3. The molecule has 1 N–H and O–H groups in total. The fourth-order valence-corrected chi connectivity index (χ4v) is 1.01. The highest BCUT2D eigenvalue weighted by atomic mass is 16.6. The number of hydrogen-bond acceptors (Lipinski definition) is 5. The number of nitrogens with zero attached hydrogens (tertiary/aromatic N) is 2. The van der Waals surface area contributed by atoms with Gasteiger partial charge in [0.1, 0.15) is 11.8 Å². The van der Waals surface area contributed by atoms with Gasteiger partial charge in [-0.3, -0.25) is 10.1 Å². The highest BCUT2D eigenvalue weighted by Gasteiger charge is 2.19. The average molecular weight is 226 g/mol. The minimum absolute atomic E-state index is 0.117. The molecule has 0 unspecified atom stereocenters. The van der Waals surface area contributed by atoms with Gasteiger partial charge < -0.3 is 9.84 Å². The van der Waals surface area contributed by atoms with Gasteiger partial charge in [-0.1, -0.05) is 0 Å². The van der Waals surface area contributed by atoms with Crippen LogP contribution in [0.25, 0.3) is 0 Å². The third-order valence-corrected chi connectivity index (χ3v) is 1.63. The van der Waals surface area contributed by atoms with Crippen LogP contribution in [0.1, 0.15) is 24.2 Å². The van der Waals surface area contributed by atoms with Crippen LogP contribution < -0.4 is 4.74 Å². The van der Waals surface area contributed by atoms with E-state index in [4.69, 9.17) is 9.84 Å². The maximum atomic E-state index is 10.8. The minimum atomic E-state index is -1.31. The van der Waals surface area contributed by atoms with Crippen molar-refractivity contribution in [2.75, 3.05) is 0 Å². The third-order valence-electron chi connectivity index (χ3n) is 1.63. The molecule has 0 radical (unpaired) electrons. The number of hydrogen-bond donors (Lipinski definition) is 1. The van der Waals surface area contributed by atoms with Gasteiger partial charge in [-0.2, -0.15) is 0 Å². The Bertz CT molecular complexity index is 430. The normalized spacial score (nSPS) is 10.2. The first kappa shape index (κ1) is 11.9. The minimum Gasteiger partial charge on any atom is -0.477 e. The van der Waals surface area contributed by atoms with Crippen molar-refractivity contribution >= 4 is 11.7 Å². The summed E-state index contributed by atoms with van der Waals surface area (Å²) in [6.45, 7) is 3.41. The largest absolute Gasteiger partial charge is 0.477 e. The molecule has 0 aliphatic rings. The zero-order valence-corrected chi connectivity index (χ0v) is 8.71. The van der Waals surface area contributed by atoms with Crippen molar-refractivity contribution in [1.29, 1.82) is 0 Å². The molecular formula is C9H10N2O5. The number of carbonyl (C=O) groups is 1. The van der Waals surface area contributed by atoms with Crippen molar-refractivity contribution in [3.05, 3.63) is 27.9 Å². The Morgan fingerprint density at radius 2 is 2.25 bits per heavy atom. The second-order valence-corrected chi connectivity index (χ2v) is 3.28. The third kappa shape index (κ3) is 2.66. The lowest BCUT2D eigenvalue weighted by Crippen LogP contribution is -2.11. The van der Waals surface area contributed by atoms with E-state index in [2.05, 4.69) is 4.98 Å². The topological polar surface area (TPSA) is 103 Å². The van der Waals surface area contributed by atoms with E-state index >= 15 is 0 Å². The lowest BCUT2D eigenvalue weighted by molar-refractivity contribution is -0.385. The van der Waals surface area contributed by atoms with E-state index in [-0.39, 0.29) is 23.2 Å². The smallest absolute Gasteiger partial charge is 0.341 e. The molecule has 0 aliphatic heterocycles. The molecule has 1 aromatic rings. The highest BCUT2D eigenvalue weighted by molar-refractivity contribution is 5.90. The molecule has 0 fully saturated rings. The van der Waals surface area contributed by atoms with Gasteiger partial charge in [-0.05, 0) is 13.8 Å². The van der Waals surface area contributed by atoms with E-state index < -0.39 is 10.9 Å². The summed E-state index contributed by atoms with van der Waals surface area (Å²) in [6, 6.07) is 0.924. The van der Waals surface area contributed by atoms with E-state index in [0.29, 0.717) is 0 Å². The van der Waals surface area contributed by atoms with Crippen LogP contribution in [0.3, 0.4) is 0 Å². The van der Waals surface area contributed by atoms with Crippen molar-refractivity contribution in [2.24, 2.45) is 0 Å². The Morgan fingerprint density at radius 1 is 1.62 bits per heavy atom. The molecule has 1 rings (SSSR count). The molecule has 0 aliphatic carbocycles. The predicted octanol–water partition coefficient (Wildman–Crippen LogP) is 1.48. The molecule has 0 saturated heterocycles. The number of carboxylic acid groups (broad SMARTS) is 1. The van der Waals surface area contributed by atoms with Crippen molar-refractivity contribution in [2.45, 2.75) is 20.0 Å². The van der Waals surface area contributed by atoms with Gasteiger partial charge in [0.05, 0.1) is 11.0 Å². The number of nitro groups is 1. The fourth-order valence-electron chi connectivity index (χ4n) is 1.01. The zero-order valence-electron chi connectivity index (χ0n) is 8.71. The standard InChI is InChI=1S/C9H10N2O5/c1-5(2)16-8-7(9(12)13)3-6(4-10-8)11(14)15/h3-5H,1-2H3,(H,12,13). The molecule has 0 bridgehead atoms. The average Bonchev–Trinajstić information content (AvgIpc) is 2.16. The van der Waals surface area contributed by atoms with Crippen LogP contribution in [0.15, 0.2) is 12.3 Å². The van der Waals surface area contributed by atoms with E-state index in [9.17, 15) is 14.9 Å². The van der Waals surface area contributed by atoms with E-state index in [1.54, 1.807) is 13.8 Å². The lowest BCUT2D eigenvalue weighted by Gasteiger charge is -2.10. The number of pyridine rings is 1. The number of aromatic nitrogens is 1. The van der Waals surface area contributed by atoms with Gasteiger partial charge in [-0.15, -0.1) is 0 Å². The first-order chi connectivity index (χ1) is 7.41. The molecule has 1 heterocycles. The van der Waals surface area contributed by atoms with Gasteiger partial charge >= 0.3 is 5.97 Å². The molecule has 1 aromatic heterocycles. The summed E-state index contributed by atoms with van der Waals surface area (Å²) in [6.07, 6.45) is 0.705. The Labute approximate surface area is 90.8 Å². The van der Waals surface area contributed by atoms with Crippen molar-refractivity contribution < 1.29 is 19.6 Å². The Morgan fingerprint density at radius 3 is 2.69 bits per heavy atom. The first-order valence-electron chi connectivity index (χ1n) is 4.46. The highest BCUT2D eigenvalue weighted by Crippen LogP contribution is 2.21. The lowest BCUT2D eigenvalue weighted by atomic mass is 10.2. The molecule has 0 saturated carbocycles. The number of rotatable bonds is 4. The summed E-state index contributed by atoms with van der Waals surface area (Å²) < 4.78 is 5.13. The summed E-state index contributed by atoms with van der Waals surface area (Å²) in [4.78, 5) is 24.2. The molecule has 16 heavy (non-hydrogen) atoms. The maximum Gasteiger partial charge on any atom is 0.341 e. The molecule has 7 nitrogen and oxygen atoms in total. The van der Waals surface area contributed by atoms with Crippen LogP contribution >= 0.6 is 0 Å². The number of ether oxygens (including phenoxy) is 1. The monoisotopic (exact) mass is 226 g/mol. The van der Waals surface area contributed by atoms with Gasteiger partial charge in [0.15, 0.2) is 0 Å². The Balaban J connectivity index is 3.19. The maximum absolute atomic E-state index is 10.8. The molecule has 0 aromatic carbocycles. The van der Waals surface area contributed by atoms with Gasteiger partial charge in [-0.25, -0.2) is 9.78 Å². The summed E-state index contributed by atoms with van der Waals surface area (Å²) in [5, 5.41) is 19.3. The van der Waals surface area contributed by atoms with Gasteiger partial charge in [0.2, 0.25) is 5.88 Å². The first-order valence-corrected chi connectivity index (χ1v) is 4.46. The second-order valence-electron chi connectivity index (χ2n) is 3.28. The van der Waals surface area contributed by atoms with E-state index in [0.717, 1.165) is 12.3 Å². The van der Waals surface area contributed by atoms with Crippen LogP contribution in [-0.4, -0.2) is 27.1 Å². The summed E-state index contributed by atoms with van der Waals surface area (Å²) in [5.74, 6) is -1.43. The van der Waals surface area contributed by atoms with Crippen LogP contribution in [0.4, 0.5) is 5.69 Å². The van der Waals surface area contributed by atoms with Crippen LogP contribution in [0.5, 0.6) is 5.88 Å². The SMILES string of the molecule is CC(C)Oc1ncc([N+](=O)[O-])cc1C(=O)O. The molecule has 86 valence electrons. The summed E-state index contributed by atoms with van der Waals surface area (Å²) in [7, 11) is 0. The van der Waals surface area contributed by atoms with E-state index in [1.807, 2.05) is 0 Å². The molecular weight excluding hydrogens is 216 g/mol. The van der Waals surface area contributed by atoms with Gasteiger partial charge in [0, 0.05) is 6.07 Å². The number of carboxylic acids is 1. The van der Waals surface area contributed by atoms with Gasteiger partial charge in [0.25, 0.3) is 5.69 Å². The van der Waals surface area contributed by atoms with Crippen molar-refractivity contribution in [3.8, 4) is 5.88 Å². The quantitative estimate of drug-likeness (QED) is 0.616. The van der Waals surface area contributed by atoms with Crippen molar-refractivity contribution in [1.82, 2.24) is 4.98 Å². The Hall–Kier alpha value is -2.18. The van der Waals surface area contributed by atoms with Crippen LogP contribution in [0, 0.1) is 10.1 Å². The summed E-state index contributed by atoms with van der Waals surface area (Å²) in [5.41, 5.74) is -0.698. The Kier molecular flexibility index (Phi) is 3.39. The second kappa shape index (κ2) is 4.56. The number of aromatic carboxylic acids is 1. The predicted molar refractivity (Wildman–Crippen MR) is 53.6 cm³/mol.